The smallest absolute Gasteiger partial charge is 0.394 e. The topological polar surface area (TPSA) is 171 Å². The van der Waals surface area contributed by atoms with Gasteiger partial charge in [0.1, 0.15) is 18.5 Å². The minimum Gasteiger partial charge on any atom is -0.394 e. The summed E-state index contributed by atoms with van der Waals surface area (Å²) >= 11 is 0. The third-order valence-corrected chi connectivity index (χ3v) is 6.88. The van der Waals surface area contributed by atoms with Crippen LogP contribution in [0.4, 0.5) is 10.2 Å². The van der Waals surface area contributed by atoms with Crippen LogP contribution in [-0.2, 0) is 22.9 Å². The van der Waals surface area contributed by atoms with Crippen LogP contribution in [0.5, 0.6) is 0 Å². The van der Waals surface area contributed by atoms with E-state index in [0.717, 1.165) is 0 Å². The Labute approximate surface area is 216 Å². The number of hydrogen-bond acceptors (Lipinski definition) is 11. The summed E-state index contributed by atoms with van der Waals surface area (Å²) < 4.78 is 51.4. The van der Waals surface area contributed by atoms with E-state index in [1.807, 2.05) is 6.07 Å². The van der Waals surface area contributed by atoms with Crippen molar-refractivity contribution >= 4 is 30.7 Å². The van der Waals surface area contributed by atoms with Gasteiger partial charge in [-0.05, 0) is 12.1 Å². The van der Waals surface area contributed by atoms with Gasteiger partial charge in [0.15, 0.2) is 29.4 Å². The van der Waals surface area contributed by atoms with E-state index >= 15 is 4.39 Å². The van der Waals surface area contributed by atoms with E-state index in [1.165, 1.54) is 23.3 Å². The molecule has 0 radical (unpaired) electrons. The monoisotopic (exact) mass is 546 g/mol. The Balaban J connectivity index is 1.57. The zero-order valence-electron chi connectivity index (χ0n) is 19.9. The van der Waals surface area contributed by atoms with Gasteiger partial charge < -0.3 is 15.2 Å². The van der Waals surface area contributed by atoms with Crippen LogP contribution in [-0.4, -0.2) is 68.7 Å². The number of nitriles is 1. The molecular formula is C23H24FN6O7P. The van der Waals surface area contributed by atoms with Gasteiger partial charge in [-0.25, -0.2) is 23.9 Å². The van der Waals surface area contributed by atoms with Crippen molar-refractivity contribution in [2.75, 3.05) is 25.1 Å². The molecule has 0 aliphatic carbocycles. The summed E-state index contributed by atoms with van der Waals surface area (Å²) in [7, 11) is -4.36. The number of alkyl halides is 1. The molecule has 0 saturated carbocycles. The summed E-state index contributed by atoms with van der Waals surface area (Å²) in [6, 6.07) is 10.3. The molecule has 1 aliphatic rings. The first-order valence-corrected chi connectivity index (χ1v) is 12.9. The normalized spacial score (nSPS) is 22.6. The fourth-order valence-corrected chi connectivity index (χ4v) is 5.03. The van der Waals surface area contributed by atoms with Crippen LogP contribution in [0.15, 0.2) is 55.6 Å². The number of anilines is 1. The molecule has 1 fully saturated rings. The predicted octanol–water partition coefficient (Wildman–Crippen LogP) is 2.93. The van der Waals surface area contributed by atoms with E-state index < -0.39 is 44.9 Å². The molecule has 0 spiro atoms. The van der Waals surface area contributed by atoms with Gasteiger partial charge in [-0.2, -0.15) is 5.26 Å². The number of rotatable bonds is 12. The molecule has 3 heterocycles. The number of ether oxygens (including phenoxy) is 1. The molecule has 1 saturated heterocycles. The maximum absolute atomic E-state index is 15.7. The van der Waals surface area contributed by atoms with E-state index in [9.17, 15) is 14.5 Å². The van der Waals surface area contributed by atoms with Crippen LogP contribution >= 0.6 is 7.82 Å². The van der Waals surface area contributed by atoms with Crippen molar-refractivity contribution in [3.8, 4) is 6.07 Å². The van der Waals surface area contributed by atoms with Gasteiger partial charge in [0.25, 0.3) is 5.91 Å². The fourth-order valence-electron chi connectivity index (χ4n) is 3.68. The average molecular weight is 546 g/mol. The Hall–Kier alpha value is -3.57. The zero-order chi connectivity index (χ0) is 27.1. The Morgan fingerprint density at radius 1 is 1.32 bits per heavy atom. The molecule has 1 amide bonds. The van der Waals surface area contributed by atoms with Gasteiger partial charge in [0, 0.05) is 5.56 Å². The second-order valence-electron chi connectivity index (χ2n) is 7.90. The van der Waals surface area contributed by atoms with Crippen LogP contribution in [0, 0.1) is 11.3 Å². The van der Waals surface area contributed by atoms with Gasteiger partial charge in [0.05, 0.1) is 38.6 Å². The highest BCUT2D eigenvalue weighted by Gasteiger charge is 2.51. The summed E-state index contributed by atoms with van der Waals surface area (Å²) in [6.07, 6.45) is -2.63. The van der Waals surface area contributed by atoms with Gasteiger partial charge in [-0.1, -0.05) is 24.3 Å². The summed E-state index contributed by atoms with van der Waals surface area (Å²) in [6.45, 7) is 2.26. The third kappa shape index (κ3) is 5.94. The number of fused-ring (bicyclic) bond motifs is 1. The molecule has 5 atom stereocenters. The number of nitrogens with one attached hydrogen (secondary N) is 1. The maximum atomic E-state index is 15.7. The summed E-state index contributed by atoms with van der Waals surface area (Å²) in [4.78, 5) is 25.0. The summed E-state index contributed by atoms with van der Waals surface area (Å²) in [5.74, 6) is -0.336. The number of halogens is 1. The van der Waals surface area contributed by atoms with Gasteiger partial charge in [0.2, 0.25) is 0 Å². The number of phosphoric acid groups is 1. The second-order valence-corrected chi connectivity index (χ2v) is 9.52. The number of aliphatic hydroxyl groups is 1. The Kier molecular flexibility index (Phi) is 8.90. The minimum absolute atomic E-state index is 0.0933. The molecule has 0 bridgehead atoms. The number of nitrogens with zero attached hydrogens (tertiary/aromatic N) is 5. The molecule has 3 unspecified atom stereocenters. The van der Waals surface area contributed by atoms with Gasteiger partial charge in [-0.15, -0.1) is 6.58 Å². The largest absolute Gasteiger partial charge is 0.475 e. The summed E-state index contributed by atoms with van der Waals surface area (Å²) in [5.41, 5.74) is 0.689. The van der Waals surface area contributed by atoms with E-state index in [-0.39, 0.29) is 36.6 Å². The van der Waals surface area contributed by atoms with Gasteiger partial charge >= 0.3 is 7.82 Å². The van der Waals surface area contributed by atoms with Crippen molar-refractivity contribution in [3.63, 3.8) is 0 Å². The minimum atomic E-state index is -4.36. The molecule has 1 aliphatic heterocycles. The average Bonchev–Trinajstić information content (AvgIpc) is 3.49. The first-order valence-electron chi connectivity index (χ1n) is 11.4. The highest BCUT2D eigenvalue weighted by Crippen LogP contribution is 2.53. The highest BCUT2D eigenvalue weighted by molar-refractivity contribution is 7.48. The van der Waals surface area contributed by atoms with E-state index in [4.69, 9.17) is 23.6 Å². The maximum Gasteiger partial charge on any atom is 0.475 e. The molecule has 3 aromatic rings. The molecule has 4 rings (SSSR count). The number of aliphatic hydroxyl groups excluding tert-OH is 1. The second kappa shape index (κ2) is 12.3. The van der Waals surface area contributed by atoms with Crippen LogP contribution in [0.1, 0.15) is 23.0 Å². The van der Waals surface area contributed by atoms with Crippen molar-refractivity contribution in [1.82, 2.24) is 19.5 Å². The molecule has 2 N–H and O–H groups in total. The first-order chi connectivity index (χ1) is 18.4. The molecule has 2 aromatic heterocycles. The van der Waals surface area contributed by atoms with Crippen molar-refractivity contribution in [2.45, 2.75) is 31.0 Å². The number of amides is 1. The van der Waals surface area contributed by atoms with E-state index in [2.05, 4.69) is 26.8 Å². The number of carbonyl (C=O) groups excluding carboxylic acids is 1. The molecule has 15 heteroatoms. The third-order valence-electron chi connectivity index (χ3n) is 5.41. The quantitative estimate of drug-likeness (QED) is 0.194. The van der Waals surface area contributed by atoms with Crippen LogP contribution in [0.2, 0.25) is 0 Å². The number of benzene rings is 1. The molecule has 1 aromatic carbocycles. The standard InChI is InChI=1S/C23H24FN6O7P/c1-2-10-34-38(33,35-11-6-9-25)37-19-16(12-31)36-23(17(19)24)30-14-28-18-20(26-13-27-21(18)30)29-22(32)15-7-4-3-5-8-15/h2-5,7-8,13-14,16-17,19,23,31H,1,6,10-12H2,(H,26,27,29,32)/t16?,17-,19-,23?,38?/m1/s1. The SMILES string of the molecule is C=CCOP(=O)(OCCC#N)O[C@@H]1C(CO)OC(n2cnc3c(NC(=O)c4ccccc4)ncnc32)[C@@H]1F. The van der Waals surface area contributed by atoms with E-state index in [0.29, 0.717) is 5.56 Å². The van der Waals surface area contributed by atoms with Crippen molar-refractivity contribution in [1.29, 1.82) is 5.26 Å². The lowest BCUT2D eigenvalue weighted by Gasteiger charge is -2.24. The van der Waals surface area contributed by atoms with Crippen molar-refractivity contribution in [3.05, 3.63) is 61.2 Å². The Morgan fingerprint density at radius 2 is 2.11 bits per heavy atom. The van der Waals surface area contributed by atoms with Crippen LogP contribution in [0.3, 0.4) is 0 Å². The van der Waals surface area contributed by atoms with Crippen LogP contribution in [0.25, 0.3) is 11.2 Å². The predicted molar refractivity (Wildman–Crippen MR) is 130 cm³/mol. The Morgan fingerprint density at radius 3 is 2.82 bits per heavy atom. The van der Waals surface area contributed by atoms with Crippen molar-refractivity contribution in [2.24, 2.45) is 0 Å². The van der Waals surface area contributed by atoms with Crippen LogP contribution < -0.4 is 5.32 Å². The number of hydrogen-bond donors (Lipinski definition) is 2. The number of aromatic nitrogens is 4. The summed E-state index contributed by atoms with van der Waals surface area (Å²) in [5, 5.41) is 21.2. The molecule has 13 nitrogen and oxygen atoms in total. The lowest BCUT2D eigenvalue weighted by Crippen LogP contribution is -2.33. The number of imidazole rings is 1. The molecule has 200 valence electrons. The van der Waals surface area contributed by atoms with E-state index in [1.54, 1.807) is 30.3 Å². The highest BCUT2D eigenvalue weighted by atomic mass is 31.2. The van der Waals surface area contributed by atoms with Crippen molar-refractivity contribution < 1.29 is 37.2 Å². The first kappa shape index (κ1) is 27.5. The molecule has 38 heavy (non-hydrogen) atoms. The number of carbonyl (C=O) groups is 1. The zero-order valence-corrected chi connectivity index (χ0v) is 20.8. The fraction of sp³-hybridized carbons (Fsp3) is 0.348. The van der Waals surface area contributed by atoms with Gasteiger partial charge in [-0.3, -0.25) is 22.9 Å². The lowest BCUT2D eigenvalue weighted by atomic mass is 10.1. The Bertz CT molecular complexity index is 1370. The number of phosphoric ester groups is 1. The molecular weight excluding hydrogens is 522 g/mol. The lowest BCUT2D eigenvalue weighted by molar-refractivity contribution is -0.0470.